The van der Waals surface area contributed by atoms with Crippen LogP contribution in [0.2, 0.25) is 0 Å². The summed E-state index contributed by atoms with van der Waals surface area (Å²) in [7, 11) is 0. The molecule has 0 saturated heterocycles. The number of nitrogens with one attached hydrogen (secondary N) is 2. The van der Waals surface area contributed by atoms with Gasteiger partial charge >= 0.3 is 5.97 Å². The van der Waals surface area contributed by atoms with Crippen LogP contribution >= 0.6 is 0 Å². The van der Waals surface area contributed by atoms with Gasteiger partial charge in [0.1, 0.15) is 22.6 Å². The summed E-state index contributed by atoms with van der Waals surface area (Å²) in [6.45, 7) is 0. The maximum absolute atomic E-state index is 11.3. The average molecular weight is 601 g/mol. The number of hydrogen-bond acceptors (Lipinski definition) is 7. The van der Waals surface area contributed by atoms with Gasteiger partial charge in [0.05, 0.1) is 0 Å². The third kappa shape index (κ3) is 4.15. The highest BCUT2D eigenvalue weighted by atomic mass is 16.4. The molecule has 9 rings (SSSR count). The number of aromatic amines is 2. The van der Waals surface area contributed by atoms with Gasteiger partial charge in [-0.15, -0.1) is 0 Å². The molecular formula is C36H24N8O2. The van der Waals surface area contributed by atoms with E-state index in [2.05, 4.69) is 9.97 Å². The van der Waals surface area contributed by atoms with E-state index in [9.17, 15) is 9.90 Å². The highest BCUT2D eigenvalue weighted by Crippen LogP contribution is 2.37. The van der Waals surface area contributed by atoms with Gasteiger partial charge in [-0.3, -0.25) is 4.79 Å². The number of rotatable bonds is 4. The van der Waals surface area contributed by atoms with E-state index in [1.165, 1.54) is 0 Å². The van der Waals surface area contributed by atoms with Crippen LogP contribution in [0, 0.1) is 0 Å². The van der Waals surface area contributed by atoms with Crippen molar-refractivity contribution in [1.82, 2.24) is 39.9 Å². The Morgan fingerprint density at radius 3 is 1.48 bits per heavy atom. The fraction of sp³-hybridized carbons (Fsp3) is 0.0833. The lowest BCUT2D eigenvalue weighted by atomic mass is 10.0. The van der Waals surface area contributed by atoms with E-state index < -0.39 is 5.97 Å². The zero-order valence-corrected chi connectivity index (χ0v) is 24.3. The zero-order chi connectivity index (χ0) is 30.8. The number of fused-ring (bicyclic) bond motifs is 20. The average Bonchev–Trinajstić information content (AvgIpc) is 3.80. The van der Waals surface area contributed by atoms with Crippen molar-refractivity contribution in [2.45, 2.75) is 19.3 Å². The Kier molecular flexibility index (Phi) is 5.76. The van der Waals surface area contributed by atoms with E-state index in [4.69, 9.17) is 29.9 Å². The number of aliphatic carboxylic acids is 1. The minimum Gasteiger partial charge on any atom is -0.481 e. The monoisotopic (exact) mass is 600 g/mol. The number of aryl methyl sites for hydroxylation is 1. The molecule has 0 spiro atoms. The van der Waals surface area contributed by atoms with Crippen molar-refractivity contribution in [3.8, 4) is 45.6 Å². The summed E-state index contributed by atoms with van der Waals surface area (Å²) in [5, 5.41) is 12.9. The van der Waals surface area contributed by atoms with E-state index in [1.807, 2.05) is 91.0 Å². The normalized spacial score (nSPS) is 11.9. The SMILES string of the molecule is O=C(O)CCCc1cccc2c3nc4nc(nc5[nH]c(nc6nc(nc([nH]3)c12)-c1ccccc1-6)c1ccccc51)-c1ccccc1-4. The first-order valence-corrected chi connectivity index (χ1v) is 15.0. The minimum atomic E-state index is -0.819. The van der Waals surface area contributed by atoms with E-state index in [1.54, 1.807) is 0 Å². The van der Waals surface area contributed by atoms with Crippen LogP contribution in [0.15, 0.2) is 91.0 Å². The van der Waals surface area contributed by atoms with Crippen LogP contribution < -0.4 is 0 Å². The van der Waals surface area contributed by atoms with Crippen LogP contribution in [0.3, 0.4) is 0 Å². The van der Waals surface area contributed by atoms with Crippen LogP contribution in [0.4, 0.5) is 0 Å². The lowest BCUT2D eigenvalue weighted by Gasteiger charge is -2.02. The lowest BCUT2D eigenvalue weighted by Crippen LogP contribution is -1.96. The summed E-state index contributed by atoms with van der Waals surface area (Å²) in [5.74, 6) is 1.33. The van der Waals surface area contributed by atoms with Gasteiger partial charge in [-0.05, 0) is 18.4 Å². The molecule has 0 radical (unpaired) electrons. The molecule has 0 fully saturated rings. The van der Waals surface area contributed by atoms with Crippen molar-refractivity contribution < 1.29 is 9.90 Å². The molecule has 3 aromatic heterocycles. The second kappa shape index (κ2) is 10.1. The first-order chi connectivity index (χ1) is 22.6. The highest BCUT2D eigenvalue weighted by molar-refractivity contribution is 6.07. The Morgan fingerprint density at radius 1 is 0.522 bits per heavy atom. The van der Waals surface area contributed by atoms with Gasteiger partial charge in [0.2, 0.25) is 0 Å². The highest BCUT2D eigenvalue weighted by Gasteiger charge is 2.22. The predicted octanol–water partition coefficient (Wildman–Crippen LogP) is 7.28. The van der Waals surface area contributed by atoms with Gasteiger partial charge in [-0.25, -0.2) is 29.9 Å². The van der Waals surface area contributed by atoms with Gasteiger partial charge in [-0.1, -0.05) is 91.0 Å². The van der Waals surface area contributed by atoms with Crippen molar-refractivity contribution in [3.63, 3.8) is 0 Å². The molecule has 0 saturated carbocycles. The predicted molar refractivity (Wildman–Crippen MR) is 177 cm³/mol. The number of carbonyl (C=O) groups is 1. The Hall–Kier alpha value is -6.29. The molecule has 0 unspecified atom stereocenters. The quantitative estimate of drug-likeness (QED) is 0.191. The van der Waals surface area contributed by atoms with Gasteiger partial charge in [-0.2, -0.15) is 0 Å². The maximum atomic E-state index is 11.3. The first-order valence-electron chi connectivity index (χ1n) is 15.0. The van der Waals surface area contributed by atoms with Gasteiger partial charge in [0.25, 0.3) is 0 Å². The molecule has 10 nitrogen and oxygen atoms in total. The van der Waals surface area contributed by atoms with E-state index in [0.717, 1.165) is 49.4 Å². The van der Waals surface area contributed by atoms with E-state index in [-0.39, 0.29) is 6.42 Å². The second-order valence-corrected chi connectivity index (χ2v) is 11.3. The Morgan fingerprint density at radius 2 is 0.957 bits per heavy atom. The molecule has 7 aromatic rings. The van der Waals surface area contributed by atoms with Crippen LogP contribution in [0.1, 0.15) is 18.4 Å². The van der Waals surface area contributed by atoms with Crippen molar-refractivity contribution in [1.29, 1.82) is 0 Å². The molecule has 0 aliphatic carbocycles. The number of carboxylic acids is 1. The summed E-state index contributed by atoms with van der Waals surface area (Å²) < 4.78 is 0. The number of H-pyrrole nitrogens is 2. The topological polar surface area (TPSA) is 146 Å². The maximum Gasteiger partial charge on any atom is 0.303 e. The number of aromatic nitrogens is 8. The van der Waals surface area contributed by atoms with Crippen molar-refractivity contribution >= 4 is 50.1 Å². The molecule has 4 aromatic carbocycles. The molecule has 46 heavy (non-hydrogen) atoms. The summed E-state index contributed by atoms with van der Waals surface area (Å²) in [4.78, 5) is 48.3. The molecule has 10 heteroatoms. The minimum absolute atomic E-state index is 0.0785. The second-order valence-electron chi connectivity index (χ2n) is 11.3. The smallest absolute Gasteiger partial charge is 0.303 e. The first kappa shape index (κ1) is 26.1. The van der Waals surface area contributed by atoms with Crippen LogP contribution in [0.5, 0.6) is 0 Å². The molecule has 0 atom stereocenters. The molecule has 2 aliphatic heterocycles. The van der Waals surface area contributed by atoms with Crippen LogP contribution in [-0.4, -0.2) is 50.9 Å². The number of carboxylic acid groups (broad SMARTS) is 1. The summed E-state index contributed by atoms with van der Waals surface area (Å²) in [6.07, 6.45) is 1.15. The van der Waals surface area contributed by atoms with Crippen molar-refractivity contribution in [2.75, 3.05) is 0 Å². The number of nitrogens with zero attached hydrogens (tertiary/aromatic N) is 6. The fourth-order valence-electron chi connectivity index (χ4n) is 6.40. The zero-order valence-electron chi connectivity index (χ0n) is 24.3. The molecule has 5 heterocycles. The third-order valence-electron chi connectivity index (χ3n) is 8.50. The van der Waals surface area contributed by atoms with Gasteiger partial charge < -0.3 is 15.1 Å². The standard InChI is InChI=1S/C36H24N8O2/c45-27(46)18-8-10-19-9-7-17-26-28(19)36-43-34-25-16-6-5-15-24(25)32(41-34)39-30-21-12-2-1-11-20(21)29(37-30)38-31-22-13-3-4-14-23(22)33(40-31)42-35(26)44-36/h1-7,9,11-17H,8,10,18H2,(H,45,46)(H2,37,38,39,40,41,42,43,44). The number of benzene rings is 4. The third-order valence-corrected chi connectivity index (χ3v) is 8.50. The lowest BCUT2D eigenvalue weighted by molar-refractivity contribution is -0.137. The molecule has 0 amide bonds. The summed E-state index contributed by atoms with van der Waals surface area (Å²) in [6, 6.07) is 29.8. The molecule has 8 bridgehead atoms. The molecule has 3 N–H and O–H groups in total. The van der Waals surface area contributed by atoms with E-state index >= 15 is 0 Å². The Labute approximate surface area is 260 Å². The number of hydrogen-bond donors (Lipinski definition) is 3. The van der Waals surface area contributed by atoms with Gasteiger partial charge in [0.15, 0.2) is 23.3 Å². The van der Waals surface area contributed by atoms with E-state index in [0.29, 0.717) is 58.7 Å². The Bertz CT molecular complexity index is 2560. The Balaban J connectivity index is 1.44. The molecule has 2 aliphatic rings. The molecular weight excluding hydrogens is 576 g/mol. The van der Waals surface area contributed by atoms with Crippen molar-refractivity contribution in [2.24, 2.45) is 0 Å². The van der Waals surface area contributed by atoms with Gasteiger partial charge in [0, 0.05) is 50.2 Å². The van der Waals surface area contributed by atoms with Crippen LogP contribution in [-0.2, 0) is 11.2 Å². The summed E-state index contributed by atoms with van der Waals surface area (Å²) >= 11 is 0. The summed E-state index contributed by atoms with van der Waals surface area (Å²) in [5.41, 5.74) is 6.96. The molecule has 220 valence electrons. The van der Waals surface area contributed by atoms with Crippen molar-refractivity contribution in [3.05, 3.63) is 96.6 Å². The van der Waals surface area contributed by atoms with Crippen LogP contribution in [0.25, 0.3) is 89.7 Å². The fourth-order valence-corrected chi connectivity index (χ4v) is 6.40. The largest absolute Gasteiger partial charge is 0.481 e.